The van der Waals surface area contributed by atoms with Crippen LogP contribution in [0.15, 0.2) is 36.9 Å². The molecular formula is C21H26N2O5. The SMILES string of the molecule is C=CCOc1cccc(C(=O)N2CCC3(CC2)C(C(=O)OC)CC(=O)N3C)c1. The highest BCUT2D eigenvalue weighted by Crippen LogP contribution is 2.43. The highest BCUT2D eigenvalue weighted by molar-refractivity contribution is 5.95. The lowest BCUT2D eigenvalue weighted by molar-refractivity contribution is -0.149. The molecule has 0 aromatic heterocycles. The smallest absolute Gasteiger partial charge is 0.311 e. The van der Waals surface area contributed by atoms with Gasteiger partial charge >= 0.3 is 5.97 Å². The topological polar surface area (TPSA) is 76.1 Å². The van der Waals surface area contributed by atoms with Crippen molar-refractivity contribution in [1.29, 1.82) is 0 Å². The minimum atomic E-state index is -0.574. The third kappa shape index (κ3) is 3.48. The second kappa shape index (κ2) is 8.04. The van der Waals surface area contributed by atoms with Gasteiger partial charge in [-0.05, 0) is 31.0 Å². The number of amides is 2. The fraction of sp³-hybridized carbons (Fsp3) is 0.476. The Kier molecular flexibility index (Phi) is 5.72. The quantitative estimate of drug-likeness (QED) is 0.570. The number of hydrogen-bond donors (Lipinski definition) is 0. The molecule has 1 aromatic carbocycles. The number of ether oxygens (including phenoxy) is 2. The number of piperidine rings is 1. The van der Waals surface area contributed by atoms with E-state index in [1.54, 1.807) is 47.2 Å². The van der Waals surface area contributed by atoms with E-state index in [0.717, 1.165) is 0 Å². The molecule has 0 saturated carbocycles. The van der Waals surface area contributed by atoms with Crippen molar-refractivity contribution in [3.8, 4) is 5.75 Å². The maximum atomic E-state index is 12.9. The molecule has 0 N–H and O–H groups in total. The lowest BCUT2D eigenvalue weighted by Gasteiger charge is -2.45. The molecule has 1 unspecified atom stereocenters. The van der Waals surface area contributed by atoms with Crippen LogP contribution in [0.3, 0.4) is 0 Å². The summed E-state index contributed by atoms with van der Waals surface area (Å²) in [6.07, 6.45) is 2.91. The maximum absolute atomic E-state index is 12.9. The van der Waals surface area contributed by atoms with Crippen LogP contribution in [0.2, 0.25) is 0 Å². The van der Waals surface area contributed by atoms with Gasteiger partial charge in [0.1, 0.15) is 12.4 Å². The van der Waals surface area contributed by atoms with Gasteiger partial charge in [-0.2, -0.15) is 0 Å². The summed E-state index contributed by atoms with van der Waals surface area (Å²) < 4.78 is 10.4. The fourth-order valence-corrected chi connectivity index (χ4v) is 4.27. The van der Waals surface area contributed by atoms with E-state index in [-0.39, 0.29) is 24.2 Å². The summed E-state index contributed by atoms with van der Waals surface area (Å²) in [4.78, 5) is 40.9. The Bertz CT molecular complexity index is 783. The first kappa shape index (κ1) is 19.9. The predicted octanol–water partition coefficient (Wildman–Crippen LogP) is 1.88. The van der Waals surface area contributed by atoms with Crippen LogP contribution in [0.5, 0.6) is 5.75 Å². The zero-order valence-electron chi connectivity index (χ0n) is 16.3. The molecule has 7 heteroatoms. The molecule has 0 radical (unpaired) electrons. The predicted molar refractivity (Wildman–Crippen MR) is 103 cm³/mol. The highest BCUT2D eigenvalue weighted by atomic mass is 16.5. The van der Waals surface area contributed by atoms with Crippen LogP contribution in [0.4, 0.5) is 0 Å². The minimum Gasteiger partial charge on any atom is -0.490 e. The van der Waals surface area contributed by atoms with Crippen molar-refractivity contribution < 1.29 is 23.9 Å². The van der Waals surface area contributed by atoms with Crippen LogP contribution in [0.1, 0.15) is 29.6 Å². The van der Waals surface area contributed by atoms with Gasteiger partial charge in [0.15, 0.2) is 0 Å². The zero-order valence-corrected chi connectivity index (χ0v) is 16.3. The van der Waals surface area contributed by atoms with Crippen LogP contribution in [-0.2, 0) is 14.3 Å². The van der Waals surface area contributed by atoms with E-state index in [9.17, 15) is 14.4 Å². The average molecular weight is 386 g/mol. The molecule has 0 aliphatic carbocycles. The van der Waals surface area contributed by atoms with E-state index >= 15 is 0 Å². The second-order valence-corrected chi connectivity index (χ2v) is 7.26. The molecule has 2 aliphatic rings. The van der Waals surface area contributed by atoms with Crippen LogP contribution >= 0.6 is 0 Å². The van der Waals surface area contributed by atoms with Gasteiger partial charge < -0.3 is 19.3 Å². The summed E-state index contributed by atoms with van der Waals surface area (Å²) in [6.45, 7) is 4.94. The van der Waals surface area contributed by atoms with Crippen molar-refractivity contribution in [3.05, 3.63) is 42.5 Å². The molecule has 2 amide bonds. The van der Waals surface area contributed by atoms with Crippen molar-refractivity contribution in [2.45, 2.75) is 24.8 Å². The number of benzene rings is 1. The van der Waals surface area contributed by atoms with Crippen molar-refractivity contribution in [1.82, 2.24) is 9.80 Å². The van der Waals surface area contributed by atoms with Crippen LogP contribution in [0.25, 0.3) is 0 Å². The van der Waals surface area contributed by atoms with Gasteiger partial charge in [-0.25, -0.2) is 0 Å². The Morgan fingerprint density at radius 1 is 1.32 bits per heavy atom. The molecule has 2 aliphatic heterocycles. The molecule has 1 spiro atoms. The number of rotatable bonds is 5. The average Bonchev–Trinajstić information content (AvgIpc) is 2.97. The van der Waals surface area contributed by atoms with Crippen LogP contribution in [-0.4, -0.2) is 67.0 Å². The van der Waals surface area contributed by atoms with Gasteiger partial charge in [0.2, 0.25) is 5.91 Å². The second-order valence-electron chi connectivity index (χ2n) is 7.26. The Balaban J connectivity index is 1.72. The lowest BCUT2D eigenvalue weighted by Crippen LogP contribution is -2.57. The van der Waals surface area contributed by atoms with E-state index in [2.05, 4.69) is 6.58 Å². The molecule has 0 bridgehead atoms. The molecule has 1 aromatic rings. The monoisotopic (exact) mass is 386 g/mol. The number of nitrogens with zero attached hydrogens (tertiary/aromatic N) is 2. The normalized spacial score (nSPS) is 20.9. The van der Waals surface area contributed by atoms with E-state index in [4.69, 9.17) is 9.47 Å². The molecule has 28 heavy (non-hydrogen) atoms. The number of likely N-dealkylation sites (tertiary alicyclic amines) is 2. The highest BCUT2D eigenvalue weighted by Gasteiger charge is 2.56. The lowest BCUT2D eigenvalue weighted by atomic mass is 9.77. The van der Waals surface area contributed by atoms with Gasteiger partial charge in [-0.3, -0.25) is 14.4 Å². The van der Waals surface area contributed by atoms with E-state index in [0.29, 0.717) is 43.9 Å². The van der Waals surface area contributed by atoms with Crippen molar-refractivity contribution in [3.63, 3.8) is 0 Å². The molecule has 2 saturated heterocycles. The van der Waals surface area contributed by atoms with E-state index in [1.807, 2.05) is 0 Å². The summed E-state index contributed by atoms with van der Waals surface area (Å²) in [5.74, 6) is -0.360. The van der Waals surface area contributed by atoms with Crippen molar-refractivity contribution >= 4 is 17.8 Å². The van der Waals surface area contributed by atoms with E-state index in [1.165, 1.54) is 7.11 Å². The largest absolute Gasteiger partial charge is 0.490 e. The molecule has 3 rings (SSSR count). The van der Waals surface area contributed by atoms with Gasteiger partial charge in [0, 0.05) is 32.1 Å². The molecule has 2 heterocycles. The van der Waals surface area contributed by atoms with Gasteiger partial charge in [0.25, 0.3) is 5.91 Å². The first-order valence-corrected chi connectivity index (χ1v) is 9.40. The molecule has 1 atom stereocenters. The van der Waals surface area contributed by atoms with Gasteiger partial charge in [-0.1, -0.05) is 18.7 Å². The number of esters is 1. The summed E-state index contributed by atoms with van der Waals surface area (Å²) in [5.41, 5.74) is -0.0199. The zero-order chi connectivity index (χ0) is 20.3. The first-order valence-electron chi connectivity index (χ1n) is 9.40. The number of methoxy groups -OCH3 is 1. The summed E-state index contributed by atoms with van der Waals surface area (Å²) in [6, 6.07) is 7.06. The minimum absolute atomic E-state index is 0.0535. The van der Waals surface area contributed by atoms with Crippen LogP contribution in [0, 0.1) is 5.92 Å². The summed E-state index contributed by atoms with van der Waals surface area (Å²) in [5, 5.41) is 0. The number of carbonyl (C=O) groups is 3. The van der Waals surface area contributed by atoms with Gasteiger partial charge in [0.05, 0.1) is 18.6 Å². The first-order chi connectivity index (χ1) is 13.4. The standard InChI is InChI=1S/C21H26N2O5/c1-4-12-28-16-7-5-6-15(13-16)19(25)23-10-8-21(9-11-23)17(20(26)27-3)14-18(24)22(21)2/h4-7,13,17H,1,8-12,14H2,2-3H3. The van der Waals surface area contributed by atoms with Crippen LogP contribution < -0.4 is 4.74 Å². The van der Waals surface area contributed by atoms with E-state index < -0.39 is 11.5 Å². The number of hydrogen-bond acceptors (Lipinski definition) is 5. The Labute approximate surface area is 164 Å². The Morgan fingerprint density at radius 2 is 2.04 bits per heavy atom. The maximum Gasteiger partial charge on any atom is 0.311 e. The van der Waals surface area contributed by atoms with Gasteiger partial charge in [-0.15, -0.1) is 0 Å². The third-order valence-corrected chi connectivity index (χ3v) is 5.92. The molecule has 7 nitrogen and oxygen atoms in total. The Morgan fingerprint density at radius 3 is 2.68 bits per heavy atom. The molecule has 2 fully saturated rings. The summed E-state index contributed by atoms with van der Waals surface area (Å²) in [7, 11) is 3.09. The van der Waals surface area contributed by atoms with Crippen molar-refractivity contribution in [2.75, 3.05) is 33.9 Å². The summed E-state index contributed by atoms with van der Waals surface area (Å²) >= 11 is 0. The third-order valence-electron chi connectivity index (χ3n) is 5.92. The molecular weight excluding hydrogens is 360 g/mol. The Hall–Kier alpha value is -2.83. The van der Waals surface area contributed by atoms with Crippen molar-refractivity contribution in [2.24, 2.45) is 5.92 Å². The molecule has 150 valence electrons. The fourth-order valence-electron chi connectivity index (χ4n) is 4.27. The number of carbonyl (C=O) groups excluding carboxylic acids is 3.